The Morgan fingerprint density at radius 1 is 0.949 bits per heavy atom. The second-order valence-corrected chi connectivity index (χ2v) is 19.1. The van der Waals surface area contributed by atoms with Crippen molar-refractivity contribution in [1.82, 2.24) is 24.4 Å². The lowest BCUT2D eigenvalue weighted by molar-refractivity contribution is -0.148. The Balaban J connectivity index is 1.07. The average Bonchev–Trinajstić information content (AvgIpc) is 3.86. The molecule has 0 spiro atoms. The van der Waals surface area contributed by atoms with Gasteiger partial charge in [0.15, 0.2) is 42.0 Å². The van der Waals surface area contributed by atoms with Crippen LogP contribution in [0.1, 0.15) is 34.1 Å². The van der Waals surface area contributed by atoms with Crippen molar-refractivity contribution in [2.24, 2.45) is 0 Å². The molecule has 1 amide bonds. The molecule has 0 saturated carbocycles. The topological polar surface area (TPSA) is 243 Å². The number of carbonyl (C=O) groups excluding carboxylic acids is 3. The summed E-state index contributed by atoms with van der Waals surface area (Å²) in [5.74, 6) is -1.84. The zero-order chi connectivity index (χ0) is 41.6. The number of allylic oxidation sites excluding steroid dienone is 1. The fraction of sp³-hybridized carbons (Fsp3) is 0.371. The number of aryl methyl sites for hydroxylation is 1. The molecule has 3 N–H and O–H groups in total. The Hall–Kier alpha value is -4.47. The minimum atomic E-state index is -5.28. The van der Waals surface area contributed by atoms with Crippen LogP contribution in [0.25, 0.3) is 11.2 Å². The number of hydrogen-bond donors (Lipinski definition) is 2. The number of anilines is 1. The maximum Gasteiger partial charge on any atom is 0.472 e. The van der Waals surface area contributed by atoms with E-state index in [4.69, 9.17) is 38.0 Å². The van der Waals surface area contributed by atoms with Crippen LogP contribution in [0.4, 0.5) is 14.6 Å². The van der Waals surface area contributed by atoms with Crippen LogP contribution in [0.5, 0.6) is 5.75 Å². The molecule has 4 aromatic rings. The molecule has 1 unspecified atom stereocenters. The highest BCUT2D eigenvalue weighted by atomic mass is 32.7. The molecule has 3 saturated heterocycles. The first-order valence-electron chi connectivity index (χ1n) is 17.8. The zero-order valence-electron chi connectivity index (χ0n) is 30.6. The van der Waals surface area contributed by atoms with Crippen LogP contribution in [0.3, 0.4) is 0 Å². The average molecular weight is 879 g/mol. The van der Waals surface area contributed by atoms with Crippen LogP contribution in [0.2, 0.25) is 0 Å². The van der Waals surface area contributed by atoms with Gasteiger partial charge in [-0.2, -0.15) is 0 Å². The minimum absolute atomic E-state index is 0.0101. The second-order valence-electron chi connectivity index (χ2n) is 13.7. The summed E-state index contributed by atoms with van der Waals surface area (Å²) >= 11 is 0.595. The van der Waals surface area contributed by atoms with Crippen LogP contribution >= 0.6 is 26.0 Å². The first kappa shape index (κ1) is 41.3. The number of nitrogen functional groups attached to an aromatic ring is 1. The van der Waals surface area contributed by atoms with Gasteiger partial charge in [0.05, 0.1) is 31.5 Å². The number of phosphoric ester groups is 1. The van der Waals surface area contributed by atoms with Gasteiger partial charge in [-0.1, -0.05) is 29.8 Å². The largest absolute Gasteiger partial charge is 0.472 e. The van der Waals surface area contributed by atoms with Crippen LogP contribution in [0.15, 0.2) is 73.5 Å². The summed E-state index contributed by atoms with van der Waals surface area (Å²) in [4.78, 5) is 61.1. The van der Waals surface area contributed by atoms with Crippen molar-refractivity contribution < 1.29 is 69.5 Å². The number of aromatic nitrogens is 4. The lowest BCUT2D eigenvalue weighted by atomic mass is 10.1. The third-order valence-electron chi connectivity index (χ3n) is 9.62. The van der Waals surface area contributed by atoms with E-state index in [1.165, 1.54) is 23.0 Å². The molecule has 0 aliphatic carbocycles. The standard InChI is InChI=1S/C35H34F2N6O13P2S/c1-18-2-6-20(7-3-18)35(46)52-22-8-4-19(5-9-22)15-59-58(49)51-13-23-26(36)30(34(53-23)42-11-10-21(44)12-25(42)45)55-57(47,48)50-14-24-29(56-58)27(37)33(54-24)43-17-41-28-31(38)39-16-40-32(28)43/h2-11,16-17,23-24,26-27,29-30,33-34H,12-15H2,1H3,(H,47,48)(H2,38,39,40)/t23-,24-,26-,27-,29-,30-,33-,34-,58-/m1/s1. The number of nitrogens with zero attached hydrogens (tertiary/aromatic N) is 5. The molecule has 24 heteroatoms. The third kappa shape index (κ3) is 8.74. The zero-order valence-corrected chi connectivity index (χ0v) is 33.2. The van der Waals surface area contributed by atoms with E-state index in [1.54, 1.807) is 36.4 Å². The highest BCUT2D eigenvalue weighted by molar-refractivity contribution is 8.54. The molecule has 312 valence electrons. The summed E-state index contributed by atoms with van der Waals surface area (Å²) in [7, 11) is -5.28. The monoisotopic (exact) mass is 878 g/mol. The summed E-state index contributed by atoms with van der Waals surface area (Å²) in [6.07, 6.45) is -11.1. The molecule has 6 heterocycles. The van der Waals surface area contributed by atoms with Gasteiger partial charge >= 0.3 is 20.6 Å². The Morgan fingerprint density at radius 2 is 1.68 bits per heavy atom. The van der Waals surface area contributed by atoms with Gasteiger partial charge < -0.3 is 24.8 Å². The molecule has 2 aromatic heterocycles. The van der Waals surface area contributed by atoms with Gasteiger partial charge in [0.2, 0.25) is 5.91 Å². The molecule has 3 fully saturated rings. The predicted octanol–water partition coefficient (Wildman–Crippen LogP) is 4.51. The van der Waals surface area contributed by atoms with E-state index in [2.05, 4.69) is 15.0 Å². The molecule has 0 radical (unpaired) electrons. The van der Waals surface area contributed by atoms with E-state index >= 15 is 8.78 Å². The number of esters is 1. The van der Waals surface area contributed by atoms with Gasteiger partial charge in [0.25, 0.3) is 0 Å². The van der Waals surface area contributed by atoms with Gasteiger partial charge in [-0.15, -0.1) is 0 Å². The number of carbonyl (C=O) groups is 3. The predicted molar refractivity (Wildman–Crippen MR) is 201 cm³/mol. The molecule has 19 nitrogen and oxygen atoms in total. The van der Waals surface area contributed by atoms with Crippen molar-refractivity contribution in [3.63, 3.8) is 0 Å². The van der Waals surface area contributed by atoms with Gasteiger partial charge in [-0.05, 0) is 54.2 Å². The summed E-state index contributed by atoms with van der Waals surface area (Å²) in [5, 5.41) is 0. The Kier molecular flexibility index (Phi) is 11.6. The number of benzene rings is 2. The van der Waals surface area contributed by atoms with Crippen LogP contribution in [-0.2, 0) is 52.0 Å². The number of hydrogen-bond acceptors (Lipinski definition) is 17. The number of ether oxygens (including phenoxy) is 3. The van der Waals surface area contributed by atoms with Crippen LogP contribution in [0, 0.1) is 6.92 Å². The first-order chi connectivity index (χ1) is 28.2. The van der Waals surface area contributed by atoms with E-state index in [0.29, 0.717) is 22.5 Å². The molecule has 59 heavy (non-hydrogen) atoms. The van der Waals surface area contributed by atoms with E-state index in [0.717, 1.165) is 29.1 Å². The number of amides is 1. The third-order valence-corrected chi connectivity index (χ3v) is 14.3. The van der Waals surface area contributed by atoms with Crippen molar-refractivity contribution in [1.29, 1.82) is 0 Å². The molecule has 4 aliphatic rings. The SMILES string of the molecule is Cc1ccc(C(=O)Oc2ccc(CS[P@]3(=O)OC[C@H]4O[C@@H](N5C=CC(=O)CC5=O)[C@H](OP(=O)(O)OC[C@H]5O[C@@H](n6cnc7c(N)ncnc76)[C@H](F)[C@@H]5O3)[C@@H]4F)cc2)cc1. The Bertz CT molecular complexity index is 2390. The summed E-state index contributed by atoms with van der Waals surface area (Å²) in [5.41, 5.74) is 7.93. The van der Waals surface area contributed by atoms with E-state index in [9.17, 15) is 28.4 Å². The fourth-order valence-electron chi connectivity index (χ4n) is 6.60. The number of halogens is 2. The normalized spacial score (nSPS) is 32.6. The number of alkyl halides is 2. The van der Waals surface area contributed by atoms with Crippen molar-refractivity contribution in [2.45, 2.75) is 68.3 Å². The number of nitrogens with two attached hydrogens (primary N) is 1. The van der Waals surface area contributed by atoms with E-state index in [1.807, 2.05) is 6.92 Å². The highest BCUT2D eigenvalue weighted by Crippen LogP contribution is 2.64. The van der Waals surface area contributed by atoms with Crippen LogP contribution in [-0.4, -0.2) is 103 Å². The number of phosphoric acid groups is 1. The van der Waals surface area contributed by atoms with Crippen LogP contribution < -0.4 is 10.5 Å². The lowest BCUT2D eigenvalue weighted by Gasteiger charge is -2.31. The highest BCUT2D eigenvalue weighted by Gasteiger charge is 2.56. The van der Waals surface area contributed by atoms with Crippen molar-refractivity contribution in [3.05, 3.63) is 90.2 Å². The number of ketones is 1. The molecule has 8 rings (SSSR count). The number of imidazole rings is 1. The van der Waals surface area contributed by atoms with E-state index in [-0.39, 0.29) is 28.5 Å². The first-order valence-corrected chi connectivity index (χ1v) is 22.5. The van der Waals surface area contributed by atoms with Gasteiger partial charge in [0.1, 0.15) is 42.0 Å². The molecular formula is C35H34F2N6O13P2S. The lowest BCUT2D eigenvalue weighted by Crippen LogP contribution is -2.46. The van der Waals surface area contributed by atoms with Crippen molar-refractivity contribution in [3.8, 4) is 5.75 Å². The molecule has 2 aromatic carbocycles. The molecule has 10 atom stereocenters. The quantitative estimate of drug-likeness (QED) is 0.112. The summed E-state index contributed by atoms with van der Waals surface area (Å²) < 4.78 is 101. The smallest absolute Gasteiger partial charge is 0.423 e. The van der Waals surface area contributed by atoms with Gasteiger partial charge in [-0.3, -0.25) is 37.2 Å². The second kappa shape index (κ2) is 16.5. The Morgan fingerprint density at radius 3 is 2.42 bits per heavy atom. The minimum Gasteiger partial charge on any atom is -0.423 e. The molecule has 2 bridgehead atoms. The number of fused-ring (bicyclic) bond motifs is 4. The summed E-state index contributed by atoms with van der Waals surface area (Å²) in [6, 6.07) is 13.0. The molecule has 4 aliphatic heterocycles. The number of rotatable bonds is 7. The summed E-state index contributed by atoms with van der Waals surface area (Å²) in [6.45, 7) is -4.52. The van der Waals surface area contributed by atoms with Crippen molar-refractivity contribution >= 4 is 60.6 Å². The maximum atomic E-state index is 16.7. The fourth-order valence-corrected chi connectivity index (χ4v) is 10.9. The maximum absolute atomic E-state index is 16.7. The molecular weight excluding hydrogens is 844 g/mol. The van der Waals surface area contributed by atoms with Gasteiger partial charge in [-0.25, -0.2) is 37.7 Å². The Labute approximate surface area is 337 Å². The van der Waals surface area contributed by atoms with Crippen molar-refractivity contribution in [2.75, 3.05) is 18.9 Å². The van der Waals surface area contributed by atoms with Gasteiger partial charge in [0, 0.05) is 12.0 Å². The van der Waals surface area contributed by atoms with E-state index < -0.39 is 101 Å².